The SMILES string of the molecule is CC(C)(C)c1ccc(N2c3ccc(-c4nc(-c5ccc6c(c5)B5c7cc(C(C)(C)C)ccc7Oc7cc(C(C)(C)C)cc(c75)N6c5ccc(C(C)(C)C)cc5)nc(-c5ccc6c(c5)B5c7cc(C(C)(C)C)ccc7Oc7cc(C(C)(C)C)cc(c75)N6c5ccc(C(C)(C)C)cc5)n4)cc3B3c4cc(C(C)(C)C)ccc4Oc4cc(C(C)(C)C)cc2c43)cc1. The zero-order valence-electron chi connectivity index (χ0n) is 77.4. The standard InChI is InChI=1S/C111H117B3N6O3/c1-103(2,3)67-31-40-76(41-32-67)118-85-46-28-64(52-79(85)112-82-55-70(106(10,11)12)37-49-91(82)121-94-61-73(109(19,20)21)58-88(118)97(94)112)100-115-101(65-29-47-86-80(53-65)113-83-56-71(107(13,14)15)38-50-92(83)122-95-62-74(110(22,23)24)59-89(98(95)113)119(86)77-42-33-68(34-43-77)104(4,5)6)117-102(116-100)66-30-48-87-81(54-66)114-84-57-72(108(16,17)18)39-51-93(84)123-96-63-75(111(25,26)27)60-90(99(96)114)120(87)78-44-35-69(36-45-78)105(7,8)9/h28-63H,1-27H3. The van der Waals surface area contributed by atoms with Crippen LogP contribution in [0.5, 0.6) is 34.5 Å². The van der Waals surface area contributed by atoms with Gasteiger partial charge in [0.15, 0.2) is 17.5 Å². The van der Waals surface area contributed by atoms with Crippen molar-refractivity contribution in [2.24, 2.45) is 0 Å². The molecule has 13 aromatic rings. The minimum Gasteiger partial charge on any atom is -0.458 e. The number of nitrogens with zero attached hydrogens (tertiary/aromatic N) is 6. The van der Waals surface area contributed by atoms with Crippen LogP contribution in [0.1, 0.15) is 237 Å². The summed E-state index contributed by atoms with van der Waals surface area (Å²) >= 11 is 0. The molecule has 12 aromatic carbocycles. The molecule has 0 saturated heterocycles. The highest BCUT2D eigenvalue weighted by Crippen LogP contribution is 2.51. The predicted molar refractivity (Wildman–Crippen MR) is 522 cm³/mol. The van der Waals surface area contributed by atoms with Crippen molar-refractivity contribution < 1.29 is 14.2 Å². The van der Waals surface area contributed by atoms with E-state index in [-0.39, 0.29) is 68.9 Å². The summed E-state index contributed by atoms with van der Waals surface area (Å²) in [5.74, 6) is 6.86. The second-order valence-electron chi connectivity index (χ2n) is 45.1. The van der Waals surface area contributed by atoms with E-state index in [2.05, 4.69) is 420 Å². The Hall–Kier alpha value is -11.4. The van der Waals surface area contributed by atoms with Crippen LogP contribution in [0.15, 0.2) is 218 Å². The molecule has 7 heterocycles. The van der Waals surface area contributed by atoms with Gasteiger partial charge in [-0.1, -0.05) is 278 Å². The van der Waals surface area contributed by atoms with E-state index in [1.807, 2.05) is 0 Å². The van der Waals surface area contributed by atoms with E-state index in [1.54, 1.807) is 0 Å². The molecule has 0 unspecified atom stereocenters. The van der Waals surface area contributed by atoms with E-state index in [9.17, 15) is 0 Å². The lowest BCUT2D eigenvalue weighted by Crippen LogP contribution is -2.60. The third-order valence-electron chi connectivity index (χ3n) is 26.9. The molecule has 0 N–H and O–H groups in total. The molecule has 0 aliphatic carbocycles. The van der Waals surface area contributed by atoms with Crippen molar-refractivity contribution in [1.82, 2.24) is 15.0 Å². The Morgan fingerprint density at radius 1 is 0.195 bits per heavy atom. The average molecular weight is 1620 g/mol. The maximum absolute atomic E-state index is 7.34. The summed E-state index contributed by atoms with van der Waals surface area (Å²) < 4.78 is 22.0. The van der Waals surface area contributed by atoms with Gasteiger partial charge < -0.3 is 28.9 Å². The van der Waals surface area contributed by atoms with Crippen molar-refractivity contribution in [3.63, 3.8) is 0 Å². The number of aromatic nitrogens is 3. The summed E-state index contributed by atoms with van der Waals surface area (Å²) in [5.41, 5.74) is 32.5. The van der Waals surface area contributed by atoms with E-state index in [0.29, 0.717) is 17.5 Å². The van der Waals surface area contributed by atoms with Crippen LogP contribution >= 0.6 is 0 Å². The molecular formula is C111H117B3N6O3. The van der Waals surface area contributed by atoms with Crippen LogP contribution in [0.2, 0.25) is 0 Å². The number of hydrogen-bond acceptors (Lipinski definition) is 9. The monoisotopic (exact) mass is 1610 g/mol. The fourth-order valence-electron chi connectivity index (χ4n) is 19.3. The third-order valence-corrected chi connectivity index (χ3v) is 26.9. The Bertz CT molecular complexity index is 5910. The van der Waals surface area contributed by atoms with E-state index >= 15 is 0 Å². The Morgan fingerprint density at radius 3 is 0.634 bits per heavy atom. The van der Waals surface area contributed by atoms with Crippen LogP contribution in [-0.2, 0) is 48.7 Å². The molecule has 19 rings (SSSR count). The number of benzene rings is 12. The van der Waals surface area contributed by atoms with Crippen molar-refractivity contribution in [3.8, 4) is 68.7 Å². The van der Waals surface area contributed by atoms with Crippen LogP contribution in [0, 0.1) is 0 Å². The fraction of sp³-hybridized carbons (Fsp3) is 0.324. The smallest absolute Gasteiger partial charge is 0.256 e. The number of ether oxygens (including phenoxy) is 3. The van der Waals surface area contributed by atoms with Crippen molar-refractivity contribution in [2.45, 2.75) is 236 Å². The number of anilines is 9. The average Bonchev–Trinajstić information content (AvgIpc) is 0.713. The molecular weight excluding hydrogens is 1500 g/mol. The molecule has 0 fully saturated rings. The van der Waals surface area contributed by atoms with Gasteiger partial charge in [-0.05, 0) is 275 Å². The summed E-state index contributed by atoms with van der Waals surface area (Å²) in [7, 11) is 0. The van der Waals surface area contributed by atoms with Crippen LogP contribution < -0.4 is 78.1 Å². The maximum atomic E-state index is 7.34. The first-order valence-corrected chi connectivity index (χ1v) is 44.5. The topological polar surface area (TPSA) is 76.1 Å². The molecule has 0 bridgehead atoms. The molecule has 9 nitrogen and oxygen atoms in total. The van der Waals surface area contributed by atoms with Gasteiger partial charge in [0, 0.05) is 67.9 Å². The van der Waals surface area contributed by atoms with Crippen LogP contribution in [0.4, 0.5) is 51.2 Å². The maximum Gasteiger partial charge on any atom is 0.256 e. The zero-order chi connectivity index (χ0) is 87.2. The Morgan fingerprint density at radius 2 is 0.415 bits per heavy atom. The lowest BCUT2D eigenvalue weighted by molar-refractivity contribution is 0.482. The Balaban J connectivity index is 0.888. The van der Waals surface area contributed by atoms with Crippen molar-refractivity contribution in [1.29, 1.82) is 0 Å². The van der Waals surface area contributed by atoms with E-state index in [0.717, 1.165) is 152 Å². The highest BCUT2D eigenvalue weighted by atomic mass is 16.5. The van der Waals surface area contributed by atoms with Gasteiger partial charge in [-0.25, -0.2) is 15.0 Å². The molecule has 0 spiro atoms. The summed E-state index contributed by atoms with van der Waals surface area (Å²) in [5, 5.41) is 0. The lowest BCUT2D eigenvalue weighted by Gasteiger charge is -2.41. The zero-order valence-corrected chi connectivity index (χ0v) is 77.4. The quantitative estimate of drug-likeness (QED) is 0.151. The minimum atomic E-state index is -0.237. The number of hydrogen-bond donors (Lipinski definition) is 0. The van der Waals surface area contributed by atoms with Gasteiger partial charge >= 0.3 is 0 Å². The highest BCUT2D eigenvalue weighted by Gasteiger charge is 2.49. The van der Waals surface area contributed by atoms with Gasteiger partial charge in [-0.15, -0.1) is 0 Å². The normalized spacial score (nSPS) is 14.6. The summed E-state index contributed by atoms with van der Waals surface area (Å²) in [6.07, 6.45) is 0. The Kier molecular flexibility index (Phi) is 18.2. The minimum absolute atomic E-state index is 0.0549. The van der Waals surface area contributed by atoms with Gasteiger partial charge in [0.1, 0.15) is 34.5 Å². The third kappa shape index (κ3) is 13.9. The van der Waals surface area contributed by atoms with Crippen molar-refractivity contribution >= 4 is 120 Å². The van der Waals surface area contributed by atoms with Gasteiger partial charge in [-0.2, -0.15) is 0 Å². The molecule has 6 aliphatic rings. The molecule has 0 radical (unpaired) electrons. The second-order valence-corrected chi connectivity index (χ2v) is 45.1. The van der Waals surface area contributed by atoms with E-state index in [1.165, 1.54) is 50.1 Å². The molecule has 618 valence electrons. The van der Waals surface area contributed by atoms with Crippen molar-refractivity contribution in [2.75, 3.05) is 14.7 Å². The molecule has 0 atom stereocenters. The largest absolute Gasteiger partial charge is 0.458 e. The molecule has 0 amide bonds. The van der Waals surface area contributed by atoms with E-state index < -0.39 is 0 Å². The van der Waals surface area contributed by atoms with Gasteiger partial charge in [0.25, 0.3) is 20.1 Å². The van der Waals surface area contributed by atoms with Crippen LogP contribution in [0.3, 0.4) is 0 Å². The molecule has 1 aromatic heterocycles. The summed E-state index contributed by atoms with van der Waals surface area (Å²) in [6.45, 7) is 61.4. The number of fused-ring (bicyclic) bond motifs is 12. The van der Waals surface area contributed by atoms with Crippen molar-refractivity contribution in [3.05, 3.63) is 268 Å². The van der Waals surface area contributed by atoms with Gasteiger partial charge in [0.05, 0.1) is 0 Å². The van der Waals surface area contributed by atoms with Gasteiger partial charge in [0.2, 0.25) is 0 Å². The van der Waals surface area contributed by atoms with Crippen LogP contribution in [0.25, 0.3) is 34.2 Å². The van der Waals surface area contributed by atoms with E-state index in [4.69, 9.17) is 29.2 Å². The van der Waals surface area contributed by atoms with Crippen LogP contribution in [-0.4, -0.2) is 35.1 Å². The molecule has 12 heteroatoms. The summed E-state index contributed by atoms with van der Waals surface area (Å²) in [4.78, 5) is 25.3. The number of rotatable bonds is 6. The molecule has 123 heavy (non-hydrogen) atoms. The Labute approximate surface area is 732 Å². The van der Waals surface area contributed by atoms with Gasteiger partial charge in [-0.3, -0.25) is 0 Å². The second kappa shape index (κ2) is 27.6. The first kappa shape index (κ1) is 81.3. The molecule has 0 saturated carbocycles. The molecule has 6 aliphatic heterocycles. The highest BCUT2D eigenvalue weighted by molar-refractivity contribution is 7.01. The predicted octanol–water partition coefficient (Wildman–Crippen LogP) is 23.8. The fourth-order valence-corrected chi connectivity index (χ4v) is 19.3. The lowest BCUT2D eigenvalue weighted by atomic mass is 9.33. The first-order valence-electron chi connectivity index (χ1n) is 44.5. The summed E-state index contributed by atoms with van der Waals surface area (Å²) in [6, 6.07) is 83.7. The first-order chi connectivity index (χ1) is 57.6.